The van der Waals surface area contributed by atoms with E-state index in [2.05, 4.69) is 25.7 Å². The minimum absolute atomic E-state index is 0.0506. The lowest BCUT2D eigenvalue weighted by atomic mass is 9.78. The van der Waals surface area contributed by atoms with E-state index in [0.717, 1.165) is 6.42 Å². The van der Waals surface area contributed by atoms with E-state index in [1.165, 1.54) is 32.1 Å². The van der Waals surface area contributed by atoms with Gasteiger partial charge in [0.25, 0.3) is 0 Å². The molecule has 1 atom stereocenters. The van der Waals surface area contributed by atoms with Crippen LogP contribution in [0.3, 0.4) is 0 Å². The number of carbonyl (C=O) groups is 1. The Morgan fingerprint density at radius 2 is 1.89 bits per heavy atom. The second-order valence-electron chi connectivity index (χ2n) is 7.30. The Bertz CT molecular complexity index is 328. The first kappa shape index (κ1) is 13.9. The van der Waals surface area contributed by atoms with Gasteiger partial charge < -0.3 is 4.90 Å². The lowest BCUT2D eigenvalue weighted by Crippen LogP contribution is -2.59. The molecule has 1 saturated heterocycles. The molecule has 0 spiro atoms. The molecule has 0 aromatic carbocycles. The van der Waals surface area contributed by atoms with Gasteiger partial charge in [0.05, 0.1) is 0 Å². The smallest absolute Gasteiger partial charge is 0.225 e. The van der Waals surface area contributed by atoms with E-state index in [0.29, 0.717) is 17.4 Å². The van der Waals surface area contributed by atoms with Crippen LogP contribution in [0.1, 0.15) is 73.1 Å². The largest absolute Gasteiger partial charge is 0.334 e. The third kappa shape index (κ3) is 2.19. The summed E-state index contributed by atoms with van der Waals surface area (Å²) in [4.78, 5) is 14.9. The van der Waals surface area contributed by atoms with Crippen molar-refractivity contribution in [3.63, 3.8) is 0 Å². The lowest BCUT2D eigenvalue weighted by Gasteiger charge is -2.51. The topological polar surface area (TPSA) is 20.3 Å². The molecule has 0 aromatic heterocycles. The highest BCUT2D eigenvalue weighted by Gasteiger charge is 2.54. The van der Waals surface area contributed by atoms with E-state index < -0.39 is 0 Å². The van der Waals surface area contributed by atoms with Gasteiger partial charge in [-0.2, -0.15) is 0 Å². The zero-order valence-corrected chi connectivity index (χ0v) is 12.8. The molecule has 0 N–H and O–H groups in total. The maximum atomic E-state index is 12.6. The fourth-order valence-corrected chi connectivity index (χ4v) is 3.79. The monoisotopic (exact) mass is 251 g/mol. The molecule has 2 aliphatic rings. The van der Waals surface area contributed by atoms with Crippen molar-refractivity contribution in [1.29, 1.82) is 0 Å². The molecule has 1 saturated carbocycles. The van der Waals surface area contributed by atoms with Crippen LogP contribution in [0.4, 0.5) is 0 Å². The Hall–Kier alpha value is -0.530. The third-order valence-corrected chi connectivity index (χ3v) is 5.26. The highest BCUT2D eigenvalue weighted by Crippen LogP contribution is 2.57. The molecule has 18 heavy (non-hydrogen) atoms. The van der Waals surface area contributed by atoms with Crippen LogP contribution in [0.15, 0.2) is 0 Å². The minimum atomic E-state index is 0.0506. The fraction of sp³-hybridized carbons (Fsp3) is 0.938. The van der Waals surface area contributed by atoms with Gasteiger partial charge in [0, 0.05) is 17.5 Å². The van der Waals surface area contributed by atoms with E-state index >= 15 is 0 Å². The van der Waals surface area contributed by atoms with Crippen molar-refractivity contribution in [2.75, 3.05) is 0 Å². The first-order chi connectivity index (χ1) is 8.34. The van der Waals surface area contributed by atoms with Crippen molar-refractivity contribution in [2.45, 2.75) is 84.7 Å². The van der Waals surface area contributed by atoms with Crippen LogP contribution in [0.25, 0.3) is 0 Å². The van der Waals surface area contributed by atoms with Gasteiger partial charge in [0.15, 0.2) is 0 Å². The molecule has 1 amide bonds. The Morgan fingerprint density at radius 1 is 1.28 bits per heavy atom. The molecule has 1 aliphatic heterocycles. The number of hydrogen-bond donors (Lipinski definition) is 0. The van der Waals surface area contributed by atoms with Crippen LogP contribution < -0.4 is 0 Å². The Morgan fingerprint density at radius 3 is 2.33 bits per heavy atom. The average molecular weight is 251 g/mol. The molecule has 1 heterocycles. The first-order valence-corrected chi connectivity index (χ1v) is 7.67. The summed E-state index contributed by atoms with van der Waals surface area (Å²) < 4.78 is 0. The van der Waals surface area contributed by atoms with Crippen molar-refractivity contribution in [1.82, 2.24) is 4.90 Å². The van der Waals surface area contributed by atoms with E-state index in [4.69, 9.17) is 0 Å². The second kappa shape index (κ2) is 4.54. The molecule has 2 rings (SSSR count). The van der Waals surface area contributed by atoms with E-state index in [1.54, 1.807) is 0 Å². The maximum Gasteiger partial charge on any atom is 0.225 e. The first-order valence-electron chi connectivity index (χ1n) is 7.67. The van der Waals surface area contributed by atoms with Crippen LogP contribution in [0, 0.1) is 11.3 Å². The van der Waals surface area contributed by atoms with Gasteiger partial charge in [-0.25, -0.2) is 0 Å². The number of likely N-dealkylation sites (tertiary alicyclic amines) is 1. The molecule has 0 aromatic rings. The van der Waals surface area contributed by atoms with Crippen molar-refractivity contribution < 1.29 is 4.79 Å². The fourth-order valence-electron chi connectivity index (χ4n) is 3.79. The lowest BCUT2D eigenvalue weighted by molar-refractivity contribution is -0.149. The molecule has 2 nitrogen and oxygen atoms in total. The quantitative estimate of drug-likeness (QED) is 0.742. The summed E-state index contributed by atoms with van der Waals surface area (Å²) >= 11 is 0. The van der Waals surface area contributed by atoms with E-state index in [1.807, 2.05) is 13.8 Å². The third-order valence-electron chi connectivity index (χ3n) is 5.26. The summed E-state index contributed by atoms with van der Waals surface area (Å²) in [5.74, 6) is 0.488. The number of rotatable bonds is 3. The molecular formula is C16H29NO. The van der Waals surface area contributed by atoms with Gasteiger partial charge in [-0.3, -0.25) is 4.79 Å². The highest BCUT2D eigenvalue weighted by atomic mass is 16.2. The van der Waals surface area contributed by atoms with Crippen LogP contribution in [-0.2, 0) is 4.79 Å². The number of nitrogens with zero attached hydrogens (tertiary/aromatic N) is 1. The molecular weight excluding hydrogens is 222 g/mol. The number of carbonyl (C=O) groups excluding carboxylic acids is 1. The molecule has 1 unspecified atom stereocenters. The van der Waals surface area contributed by atoms with Gasteiger partial charge in [0.1, 0.15) is 0 Å². The van der Waals surface area contributed by atoms with Crippen LogP contribution >= 0.6 is 0 Å². The average Bonchev–Trinajstić information content (AvgIpc) is 3.07. The van der Waals surface area contributed by atoms with Crippen molar-refractivity contribution in [3.05, 3.63) is 0 Å². The molecule has 0 radical (unpaired) electrons. The molecule has 2 fully saturated rings. The Balaban J connectivity index is 2.29. The van der Waals surface area contributed by atoms with E-state index in [-0.39, 0.29) is 11.5 Å². The molecule has 0 bridgehead atoms. The zero-order chi connectivity index (χ0) is 13.6. The summed E-state index contributed by atoms with van der Waals surface area (Å²) in [7, 11) is 0. The predicted molar refractivity (Wildman–Crippen MR) is 75.4 cm³/mol. The van der Waals surface area contributed by atoms with Gasteiger partial charge in [-0.05, 0) is 57.8 Å². The summed E-state index contributed by atoms with van der Waals surface area (Å²) in [5, 5.41) is 0. The number of amides is 1. The Labute approximate surface area is 112 Å². The molecule has 1 aliphatic carbocycles. The number of hydrogen-bond acceptors (Lipinski definition) is 1. The highest BCUT2D eigenvalue weighted by molar-refractivity contribution is 5.79. The van der Waals surface area contributed by atoms with Crippen LogP contribution in [-0.4, -0.2) is 22.4 Å². The van der Waals surface area contributed by atoms with Crippen LogP contribution in [0.2, 0.25) is 0 Å². The summed E-state index contributed by atoms with van der Waals surface area (Å²) in [6.45, 7) is 10.9. The van der Waals surface area contributed by atoms with E-state index in [9.17, 15) is 4.79 Å². The van der Waals surface area contributed by atoms with Crippen molar-refractivity contribution >= 4 is 5.91 Å². The molecule has 104 valence electrons. The van der Waals surface area contributed by atoms with Gasteiger partial charge >= 0.3 is 0 Å². The van der Waals surface area contributed by atoms with Gasteiger partial charge in [0.2, 0.25) is 5.91 Å². The second-order valence-corrected chi connectivity index (χ2v) is 7.30. The standard InChI is InChI=1S/C16H29NO/c1-6-16(10-11-16)13-8-7-9-15(4,5)17(13)14(18)12(2)3/h12-13H,6-11H2,1-5H3. The van der Waals surface area contributed by atoms with Gasteiger partial charge in [-0.15, -0.1) is 0 Å². The predicted octanol–water partition coefficient (Wildman–Crippen LogP) is 3.99. The van der Waals surface area contributed by atoms with Crippen molar-refractivity contribution in [2.24, 2.45) is 11.3 Å². The summed E-state index contributed by atoms with van der Waals surface area (Å²) in [5.41, 5.74) is 0.511. The summed E-state index contributed by atoms with van der Waals surface area (Å²) in [6, 6.07) is 0.501. The number of piperidine rings is 1. The normalized spacial score (nSPS) is 29.4. The Kier molecular flexibility index (Phi) is 3.50. The van der Waals surface area contributed by atoms with Gasteiger partial charge in [-0.1, -0.05) is 20.8 Å². The molecule has 2 heteroatoms. The zero-order valence-electron chi connectivity index (χ0n) is 12.8. The SMILES string of the molecule is CCC1(C2CCCC(C)(C)N2C(=O)C(C)C)CC1. The van der Waals surface area contributed by atoms with Crippen molar-refractivity contribution in [3.8, 4) is 0 Å². The minimum Gasteiger partial charge on any atom is -0.334 e. The van der Waals surface area contributed by atoms with Crippen LogP contribution in [0.5, 0.6) is 0 Å². The summed E-state index contributed by atoms with van der Waals surface area (Å²) in [6.07, 6.45) is 7.53. The maximum absolute atomic E-state index is 12.6.